The summed E-state index contributed by atoms with van der Waals surface area (Å²) in [5, 5.41) is 1.92. The van der Waals surface area contributed by atoms with Crippen molar-refractivity contribution in [2.75, 3.05) is 26.2 Å². The lowest BCUT2D eigenvalue weighted by atomic mass is 9.84. The largest absolute Gasteiger partial charge is 0.339 e. The van der Waals surface area contributed by atoms with E-state index in [2.05, 4.69) is 0 Å². The van der Waals surface area contributed by atoms with Gasteiger partial charge in [0, 0.05) is 32.2 Å². The number of thiophene rings is 1. The molecule has 4 rings (SSSR count). The normalized spacial score (nSPS) is 33.3. The number of nitrogens with zero attached hydrogens (tertiary/aromatic N) is 2. The van der Waals surface area contributed by atoms with Crippen LogP contribution in [0.15, 0.2) is 17.5 Å². The Balaban J connectivity index is 1.36. The molecule has 0 radical (unpaired) electrons. The predicted molar refractivity (Wildman–Crippen MR) is 89.1 cm³/mol. The zero-order chi connectivity index (χ0) is 16.0. The summed E-state index contributed by atoms with van der Waals surface area (Å²) in [4.78, 5) is 29.8. The van der Waals surface area contributed by atoms with Crippen molar-refractivity contribution in [3.05, 3.63) is 22.4 Å². The second-order valence-electron chi connectivity index (χ2n) is 7.03. The molecule has 2 bridgehead atoms. The standard InChI is InChI=1S/C17H23N3O2S/c18-15-12-4-3-11(10-12)14(15)17(22)20-7-5-19(6-8-20)16(21)13-2-1-9-23-13/h1-2,9,11-12,14-15H,3-8,10,18H2. The van der Waals surface area contributed by atoms with Crippen LogP contribution in [-0.2, 0) is 4.79 Å². The molecule has 23 heavy (non-hydrogen) atoms. The van der Waals surface area contributed by atoms with E-state index in [1.54, 1.807) is 0 Å². The van der Waals surface area contributed by atoms with Gasteiger partial charge in [0.15, 0.2) is 0 Å². The monoisotopic (exact) mass is 333 g/mol. The molecule has 124 valence electrons. The number of carbonyl (C=O) groups excluding carboxylic acids is 2. The summed E-state index contributed by atoms with van der Waals surface area (Å²) < 4.78 is 0. The Hall–Kier alpha value is -1.40. The molecule has 2 heterocycles. The fraction of sp³-hybridized carbons (Fsp3) is 0.647. The molecule has 3 aliphatic rings. The van der Waals surface area contributed by atoms with E-state index >= 15 is 0 Å². The molecule has 6 heteroatoms. The SMILES string of the molecule is NC1C2CCC(C2)C1C(=O)N1CCN(C(=O)c2cccs2)CC1. The zero-order valence-electron chi connectivity index (χ0n) is 13.2. The lowest BCUT2D eigenvalue weighted by Crippen LogP contribution is -2.54. The molecule has 1 aromatic rings. The number of piperazine rings is 1. The van der Waals surface area contributed by atoms with Crippen LogP contribution < -0.4 is 5.73 Å². The Labute approximate surface area is 140 Å². The molecule has 2 N–H and O–H groups in total. The molecule has 0 aromatic carbocycles. The van der Waals surface area contributed by atoms with E-state index in [1.807, 2.05) is 27.3 Å². The third-order valence-electron chi connectivity index (χ3n) is 5.88. The fourth-order valence-corrected chi connectivity index (χ4v) is 5.29. The van der Waals surface area contributed by atoms with Crippen LogP contribution in [0.25, 0.3) is 0 Å². The van der Waals surface area contributed by atoms with E-state index in [4.69, 9.17) is 5.73 Å². The van der Waals surface area contributed by atoms with Crippen LogP contribution in [-0.4, -0.2) is 53.8 Å². The maximum absolute atomic E-state index is 12.9. The zero-order valence-corrected chi connectivity index (χ0v) is 14.0. The van der Waals surface area contributed by atoms with E-state index in [0.29, 0.717) is 38.0 Å². The number of amides is 2. The van der Waals surface area contributed by atoms with Crippen LogP contribution >= 0.6 is 11.3 Å². The second kappa shape index (κ2) is 5.91. The number of hydrogen-bond donors (Lipinski definition) is 1. The van der Waals surface area contributed by atoms with Crippen molar-refractivity contribution in [3.8, 4) is 0 Å². The van der Waals surface area contributed by atoms with E-state index in [9.17, 15) is 9.59 Å². The number of nitrogens with two attached hydrogens (primary N) is 1. The van der Waals surface area contributed by atoms with Crippen LogP contribution in [0.4, 0.5) is 0 Å². The highest BCUT2D eigenvalue weighted by atomic mass is 32.1. The summed E-state index contributed by atoms with van der Waals surface area (Å²) >= 11 is 1.47. The molecule has 0 spiro atoms. The molecule has 2 saturated carbocycles. The second-order valence-corrected chi connectivity index (χ2v) is 7.98. The number of fused-ring (bicyclic) bond motifs is 2. The van der Waals surface area contributed by atoms with Gasteiger partial charge in [0.05, 0.1) is 10.8 Å². The predicted octanol–water partition coefficient (Wildman–Crippen LogP) is 1.41. The first kappa shape index (κ1) is 15.1. The van der Waals surface area contributed by atoms with Crippen molar-refractivity contribution >= 4 is 23.2 Å². The van der Waals surface area contributed by atoms with Crippen molar-refractivity contribution < 1.29 is 9.59 Å². The molecule has 5 nitrogen and oxygen atoms in total. The highest BCUT2D eigenvalue weighted by Gasteiger charge is 2.50. The summed E-state index contributed by atoms with van der Waals surface area (Å²) in [5.41, 5.74) is 6.30. The smallest absolute Gasteiger partial charge is 0.264 e. The molecule has 4 atom stereocenters. The maximum Gasteiger partial charge on any atom is 0.264 e. The lowest BCUT2D eigenvalue weighted by Gasteiger charge is -2.38. The van der Waals surface area contributed by atoms with Gasteiger partial charge in [0.2, 0.25) is 5.91 Å². The van der Waals surface area contributed by atoms with Gasteiger partial charge >= 0.3 is 0 Å². The molecule has 1 saturated heterocycles. The van der Waals surface area contributed by atoms with Gasteiger partial charge in [-0.05, 0) is 42.5 Å². The highest BCUT2D eigenvalue weighted by molar-refractivity contribution is 7.12. The van der Waals surface area contributed by atoms with Crippen molar-refractivity contribution in [2.45, 2.75) is 25.3 Å². The molecule has 4 unspecified atom stereocenters. The first-order valence-corrected chi connectivity index (χ1v) is 9.40. The topological polar surface area (TPSA) is 66.6 Å². The molecular formula is C17H23N3O2S. The quantitative estimate of drug-likeness (QED) is 0.890. The molecule has 1 aliphatic heterocycles. The summed E-state index contributed by atoms with van der Waals surface area (Å²) in [7, 11) is 0. The van der Waals surface area contributed by atoms with Gasteiger partial charge in [0.1, 0.15) is 0 Å². The Kier molecular flexibility index (Phi) is 3.89. The van der Waals surface area contributed by atoms with Crippen molar-refractivity contribution in [3.63, 3.8) is 0 Å². The summed E-state index contributed by atoms with van der Waals surface area (Å²) in [5.74, 6) is 1.38. The van der Waals surface area contributed by atoms with Gasteiger partial charge in [-0.15, -0.1) is 11.3 Å². The molecule has 2 amide bonds. The van der Waals surface area contributed by atoms with Crippen LogP contribution in [0.1, 0.15) is 28.9 Å². The van der Waals surface area contributed by atoms with Crippen molar-refractivity contribution in [2.24, 2.45) is 23.5 Å². The number of hydrogen-bond acceptors (Lipinski definition) is 4. The van der Waals surface area contributed by atoms with Crippen molar-refractivity contribution in [1.82, 2.24) is 9.80 Å². The minimum absolute atomic E-state index is 0.0216. The Morgan fingerprint density at radius 3 is 2.39 bits per heavy atom. The first-order valence-electron chi connectivity index (χ1n) is 8.52. The number of carbonyl (C=O) groups is 2. The minimum Gasteiger partial charge on any atom is -0.339 e. The first-order chi connectivity index (χ1) is 11.1. The van der Waals surface area contributed by atoms with E-state index in [0.717, 1.165) is 17.7 Å². The Morgan fingerprint density at radius 1 is 1.09 bits per heavy atom. The van der Waals surface area contributed by atoms with Gasteiger partial charge in [-0.25, -0.2) is 0 Å². The summed E-state index contributed by atoms with van der Waals surface area (Å²) in [6.07, 6.45) is 3.48. The van der Waals surface area contributed by atoms with Crippen LogP contribution in [0.5, 0.6) is 0 Å². The van der Waals surface area contributed by atoms with Crippen LogP contribution in [0, 0.1) is 17.8 Å². The van der Waals surface area contributed by atoms with Crippen molar-refractivity contribution in [1.29, 1.82) is 0 Å². The van der Waals surface area contributed by atoms with Gasteiger partial charge in [-0.1, -0.05) is 6.07 Å². The van der Waals surface area contributed by atoms with Gasteiger partial charge in [0.25, 0.3) is 5.91 Å². The third kappa shape index (κ3) is 2.58. The average molecular weight is 333 g/mol. The molecule has 1 aromatic heterocycles. The number of rotatable bonds is 2. The van der Waals surface area contributed by atoms with E-state index in [1.165, 1.54) is 17.8 Å². The van der Waals surface area contributed by atoms with Gasteiger partial charge in [-0.2, -0.15) is 0 Å². The molecular weight excluding hydrogens is 310 g/mol. The lowest BCUT2D eigenvalue weighted by molar-refractivity contribution is -0.139. The maximum atomic E-state index is 12.9. The minimum atomic E-state index is 0.0216. The van der Waals surface area contributed by atoms with Crippen LogP contribution in [0.2, 0.25) is 0 Å². The van der Waals surface area contributed by atoms with Gasteiger partial charge in [-0.3, -0.25) is 9.59 Å². The Bertz CT molecular complexity index is 593. The Morgan fingerprint density at radius 2 is 1.78 bits per heavy atom. The molecule has 3 fully saturated rings. The highest BCUT2D eigenvalue weighted by Crippen LogP contribution is 2.48. The third-order valence-corrected chi connectivity index (χ3v) is 6.73. The summed E-state index contributed by atoms with van der Waals surface area (Å²) in [6, 6.07) is 3.81. The fourth-order valence-electron chi connectivity index (χ4n) is 4.60. The van der Waals surface area contributed by atoms with E-state index in [-0.39, 0.29) is 23.8 Å². The average Bonchev–Trinajstić information content (AvgIpc) is 3.31. The molecule has 2 aliphatic carbocycles. The van der Waals surface area contributed by atoms with E-state index < -0.39 is 0 Å². The summed E-state index contributed by atoms with van der Waals surface area (Å²) in [6.45, 7) is 2.52. The van der Waals surface area contributed by atoms with Crippen LogP contribution in [0.3, 0.4) is 0 Å². The van der Waals surface area contributed by atoms with Gasteiger partial charge < -0.3 is 15.5 Å².